The van der Waals surface area contributed by atoms with Crippen LogP contribution in [0.4, 0.5) is 0 Å². The summed E-state index contributed by atoms with van der Waals surface area (Å²) in [4.78, 5) is 21.7. The van der Waals surface area contributed by atoms with E-state index in [1.54, 1.807) is 6.92 Å². The molecule has 28 heavy (non-hydrogen) atoms. The van der Waals surface area contributed by atoms with Gasteiger partial charge in [-0.15, -0.1) is 0 Å². The van der Waals surface area contributed by atoms with Crippen LogP contribution in [-0.4, -0.2) is 25.7 Å². The average molecular weight is 397 g/mol. The molecule has 0 heterocycles. The Hall–Kier alpha value is -1.58. The lowest BCUT2D eigenvalue weighted by Gasteiger charge is -2.04. The van der Waals surface area contributed by atoms with Crippen LogP contribution in [0.5, 0.6) is 0 Å². The van der Waals surface area contributed by atoms with Crippen LogP contribution in [0.15, 0.2) is 24.3 Å². The summed E-state index contributed by atoms with van der Waals surface area (Å²) in [6.07, 6.45) is 14.4. The molecule has 0 rings (SSSR count). The summed E-state index contributed by atoms with van der Waals surface area (Å²) in [5.74, 6) is -0.394. The smallest absolute Gasteiger partial charge is 0.333 e. The molecule has 0 spiro atoms. The lowest BCUT2D eigenvalue weighted by molar-refractivity contribution is -0.139. The molecule has 0 amide bonds. The zero-order chi connectivity index (χ0) is 21.8. The minimum atomic E-state index is -0.315. The molecule has 0 aromatic carbocycles. The molecule has 0 fully saturated rings. The van der Waals surface area contributed by atoms with Crippen molar-refractivity contribution in [2.24, 2.45) is 5.92 Å². The van der Waals surface area contributed by atoms with Gasteiger partial charge in [0.25, 0.3) is 0 Å². The largest absolute Gasteiger partial charge is 0.466 e. The predicted octanol–water partition coefficient (Wildman–Crippen LogP) is 6.79. The van der Waals surface area contributed by atoms with E-state index in [4.69, 9.17) is 4.74 Å². The molecular weight excluding hydrogens is 352 g/mol. The quantitative estimate of drug-likeness (QED) is 0.174. The van der Waals surface area contributed by atoms with Gasteiger partial charge in [-0.2, -0.15) is 0 Å². The zero-order valence-electron chi connectivity index (χ0n) is 19.1. The molecule has 4 heteroatoms. The second-order valence-corrected chi connectivity index (χ2v) is 7.62. The van der Waals surface area contributed by atoms with Crippen molar-refractivity contribution in [2.45, 2.75) is 98.3 Å². The third-order valence-corrected chi connectivity index (χ3v) is 4.47. The third kappa shape index (κ3) is 19.2. The van der Waals surface area contributed by atoms with Gasteiger partial charge in [-0.1, -0.05) is 98.1 Å². The van der Waals surface area contributed by atoms with Crippen molar-refractivity contribution in [3.8, 4) is 0 Å². The van der Waals surface area contributed by atoms with Crippen molar-refractivity contribution in [2.75, 3.05) is 13.7 Å². The van der Waals surface area contributed by atoms with E-state index in [0.29, 0.717) is 17.8 Å². The van der Waals surface area contributed by atoms with Gasteiger partial charge in [0.15, 0.2) is 0 Å². The Morgan fingerprint density at radius 3 is 1.54 bits per heavy atom. The SMILES string of the molecule is C=C(C(=O)OC)C(C)C.C=C(C)C(=O)OCCCCCCCCCCCCC. The highest BCUT2D eigenvalue weighted by molar-refractivity contribution is 5.88. The van der Waals surface area contributed by atoms with Gasteiger partial charge >= 0.3 is 11.9 Å². The lowest BCUT2D eigenvalue weighted by atomic mass is 10.1. The second kappa shape index (κ2) is 20.2. The maximum Gasteiger partial charge on any atom is 0.333 e. The molecule has 0 aromatic rings. The van der Waals surface area contributed by atoms with E-state index in [1.807, 2.05) is 13.8 Å². The standard InChI is InChI=1S/C17H32O2.C7H12O2/c1-4-5-6-7-8-9-10-11-12-13-14-15-19-17(18)16(2)3;1-5(2)6(3)7(8)9-4/h2,4-15H2,1,3H3;5H,3H2,1-2,4H3. The van der Waals surface area contributed by atoms with Crippen LogP contribution < -0.4 is 0 Å². The molecule has 0 radical (unpaired) electrons. The first-order chi connectivity index (χ1) is 13.3. The van der Waals surface area contributed by atoms with Crippen LogP contribution >= 0.6 is 0 Å². The molecule has 0 saturated carbocycles. The van der Waals surface area contributed by atoms with E-state index in [2.05, 4.69) is 24.8 Å². The lowest BCUT2D eigenvalue weighted by Crippen LogP contribution is -2.08. The zero-order valence-corrected chi connectivity index (χ0v) is 19.1. The summed E-state index contributed by atoms with van der Waals surface area (Å²) in [6, 6.07) is 0. The van der Waals surface area contributed by atoms with Gasteiger partial charge in [0.05, 0.1) is 13.7 Å². The number of esters is 2. The van der Waals surface area contributed by atoms with E-state index < -0.39 is 0 Å². The molecule has 0 aliphatic rings. The molecule has 0 bridgehead atoms. The Morgan fingerprint density at radius 2 is 1.21 bits per heavy atom. The Morgan fingerprint density at radius 1 is 0.786 bits per heavy atom. The Labute approximate surface area is 173 Å². The summed E-state index contributed by atoms with van der Waals surface area (Å²) in [6.45, 7) is 15.4. The van der Waals surface area contributed by atoms with Gasteiger partial charge in [-0.25, -0.2) is 9.59 Å². The molecule has 0 aromatic heterocycles. The third-order valence-electron chi connectivity index (χ3n) is 4.47. The maximum absolute atomic E-state index is 11.1. The van der Waals surface area contributed by atoms with Gasteiger partial charge in [0, 0.05) is 11.1 Å². The van der Waals surface area contributed by atoms with Crippen LogP contribution in [0.2, 0.25) is 0 Å². The number of rotatable bonds is 15. The van der Waals surface area contributed by atoms with E-state index in [-0.39, 0.29) is 17.9 Å². The Bertz CT molecular complexity index is 438. The van der Waals surface area contributed by atoms with Crippen molar-refractivity contribution >= 4 is 11.9 Å². The summed E-state index contributed by atoms with van der Waals surface area (Å²) in [5.41, 5.74) is 1.01. The Kier molecular flexibility index (Phi) is 20.6. The van der Waals surface area contributed by atoms with E-state index in [1.165, 1.54) is 71.3 Å². The summed E-state index contributed by atoms with van der Waals surface area (Å²) < 4.78 is 9.48. The van der Waals surface area contributed by atoms with E-state index >= 15 is 0 Å². The van der Waals surface area contributed by atoms with Gasteiger partial charge in [-0.3, -0.25) is 0 Å². The van der Waals surface area contributed by atoms with Crippen LogP contribution in [0.25, 0.3) is 0 Å². The van der Waals surface area contributed by atoms with Gasteiger partial charge in [0.2, 0.25) is 0 Å². The van der Waals surface area contributed by atoms with Crippen LogP contribution in [0.3, 0.4) is 0 Å². The van der Waals surface area contributed by atoms with Crippen molar-refractivity contribution < 1.29 is 19.1 Å². The first kappa shape index (κ1) is 28.6. The normalized spacial score (nSPS) is 10.1. The number of ether oxygens (including phenoxy) is 2. The second-order valence-electron chi connectivity index (χ2n) is 7.62. The molecule has 164 valence electrons. The topological polar surface area (TPSA) is 52.6 Å². The molecule has 0 saturated heterocycles. The monoisotopic (exact) mass is 396 g/mol. The molecule has 0 aliphatic carbocycles. The maximum atomic E-state index is 11.1. The van der Waals surface area contributed by atoms with E-state index in [0.717, 1.165) is 6.42 Å². The van der Waals surface area contributed by atoms with Crippen molar-refractivity contribution in [3.05, 3.63) is 24.3 Å². The first-order valence-electron chi connectivity index (χ1n) is 10.9. The predicted molar refractivity (Wildman–Crippen MR) is 118 cm³/mol. The minimum Gasteiger partial charge on any atom is -0.466 e. The highest BCUT2D eigenvalue weighted by Gasteiger charge is 2.09. The van der Waals surface area contributed by atoms with Gasteiger partial charge in [-0.05, 0) is 19.3 Å². The number of hydrogen-bond acceptors (Lipinski definition) is 4. The fourth-order valence-corrected chi connectivity index (χ4v) is 2.42. The number of hydrogen-bond donors (Lipinski definition) is 0. The minimum absolute atomic E-state index is 0.178. The number of unbranched alkanes of at least 4 members (excludes halogenated alkanes) is 10. The summed E-state index contributed by atoms with van der Waals surface area (Å²) >= 11 is 0. The highest BCUT2D eigenvalue weighted by Crippen LogP contribution is 2.11. The van der Waals surface area contributed by atoms with Crippen LogP contribution in [-0.2, 0) is 19.1 Å². The first-order valence-corrected chi connectivity index (χ1v) is 10.9. The molecule has 0 N–H and O–H groups in total. The fourth-order valence-electron chi connectivity index (χ4n) is 2.42. The number of carbonyl (C=O) groups is 2. The van der Waals surface area contributed by atoms with Crippen molar-refractivity contribution in [1.29, 1.82) is 0 Å². The van der Waals surface area contributed by atoms with Gasteiger partial charge in [0.1, 0.15) is 0 Å². The summed E-state index contributed by atoms with van der Waals surface area (Å²) in [5, 5.41) is 0. The Balaban J connectivity index is 0. The van der Waals surface area contributed by atoms with E-state index in [9.17, 15) is 9.59 Å². The van der Waals surface area contributed by atoms with Gasteiger partial charge < -0.3 is 9.47 Å². The summed E-state index contributed by atoms with van der Waals surface area (Å²) in [7, 11) is 1.36. The molecule has 0 aliphatic heterocycles. The van der Waals surface area contributed by atoms with Crippen molar-refractivity contribution in [1.82, 2.24) is 0 Å². The molecule has 0 unspecified atom stereocenters. The van der Waals surface area contributed by atoms with Crippen LogP contribution in [0.1, 0.15) is 98.3 Å². The number of carbonyl (C=O) groups excluding carboxylic acids is 2. The number of methoxy groups -OCH3 is 1. The molecule has 0 atom stereocenters. The van der Waals surface area contributed by atoms with Crippen LogP contribution in [0, 0.1) is 5.92 Å². The fraction of sp³-hybridized carbons (Fsp3) is 0.750. The van der Waals surface area contributed by atoms with Crippen molar-refractivity contribution in [3.63, 3.8) is 0 Å². The highest BCUT2D eigenvalue weighted by atomic mass is 16.5. The molecule has 4 nitrogen and oxygen atoms in total. The average Bonchev–Trinajstić information content (AvgIpc) is 2.67. The molecular formula is C24H44O4.